The Morgan fingerprint density at radius 3 is 2.04 bits per heavy atom. The van der Waals surface area contributed by atoms with Crippen molar-refractivity contribution < 1.29 is 13.2 Å². The first-order chi connectivity index (χ1) is 10.3. The van der Waals surface area contributed by atoms with Gasteiger partial charge in [-0.3, -0.25) is 4.99 Å². The molecule has 1 atom stereocenters. The summed E-state index contributed by atoms with van der Waals surface area (Å²) in [7, 11) is -1.46. The lowest BCUT2D eigenvalue weighted by molar-refractivity contribution is 0.0241. The average Bonchev–Trinajstić information content (AvgIpc) is 2.36. The van der Waals surface area contributed by atoms with Crippen molar-refractivity contribution in [2.45, 2.75) is 59.3 Å². The molecule has 0 radical (unpaired) electrons. The Labute approximate surface area is 165 Å². The van der Waals surface area contributed by atoms with Crippen LogP contribution in [-0.4, -0.2) is 57.7 Å². The third-order valence-corrected chi connectivity index (χ3v) is 6.21. The molecule has 0 aliphatic rings. The number of hydrogen-bond acceptors (Lipinski definition) is 4. The Morgan fingerprint density at radius 1 is 1.12 bits per heavy atom. The molecule has 0 rings (SSSR count). The highest BCUT2D eigenvalue weighted by atomic mass is 127. The van der Waals surface area contributed by atoms with Crippen LogP contribution in [-0.2, 0) is 14.6 Å². The van der Waals surface area contributed by atoms with Crippen molar-refractivity contribution in [1.82, 2.24) is 10.6 Å². The van der Waals surface area contributed by atoms with Crippen LogP contribution in [0.1, 0.15) is 48.5 Å². The van der Waals surface area contributed by atoms with E-state index >= 15 is 0 Å². The molecule has 0 heterocycles. The zero-order chi connectivity index (χ0) is 18.3. The van der Waals surface area contributed by atoms with Crippen molar-refractivity contribution in [2.24, 2.45) is 10.4 Å². The van der Waals surface area contributed by atoms with Gasteiger partial charge in [-0.15, -0.1) is 24.0 Å². The molecular formula is C16H36IN3O3S. The lowest BCUT2D eigenvalue weighted by Crippen LogP contribution is -2.42. The van der Waals surface area contributed by atoms with Gasteiger partial charge in [0.15, 0.2) is 15.8 Å². The number of guanidine groups is 1. The predicted molar refractivity (Wildman–Crippen MR) is 113 cm³/mol. The van der Waals surface area contributed by atoms with Gasteiger partial charge in [-0.1, -0.05) is 20.8 Å². The summed E-state index contributed by atoms with van der Waals surface area (Å²) in [6.07, 6.45) is -0.00346. The van der Waals surface area contributed by atoms with Gasteiger partial charge in [-0.2, -0.15) is 0 Å². The smallest absolute Gasteiger partial charge is 0.191 e. The van der Waals surface area contributed by atoms with Crippen molar-refractivity contribution in [1.29, 1.82) is 0 Å². The summed E-state index contributed by atoms with van der Waals surface area (Å²) in [4.78, 5) is 4.51. The van der Waals surface area contributed by atoms with Crippen LogP contribution in [0.15, 0.2) is 4.99 Å². The van der Waals surface area contributed by atoms with E-state index in [4.69, 9.17) is 4.74 Å². The fourth-order valence-corrected chi connectivity index (χ4v) is 2.81. The summed E-state index contributed by atoms with van der Waals surface area (Å²) in [5.41, 5.74) is -0.00878. The standard InChI is InChI=1S/C16H35N3O3S.HI/c1-9-17-14(19-12-13(22-8)15(2,3)4)18-10-11-23(20,21)16(5,6)7;/h13H,9-12H2,1-8H3,(H2,17,18,19);1H. The predicted octanol–water partition coefficient (Wildman–Crippen LogP) is 2.43. The van der Waals surface area contributed by atoms with Crippen molar-refractivity contribution >= 4 is 39.8 Å². The summed E-state index contributed by atoms with van der Waals surface area (Å²) >= 11 is 0. The number of methoxy groups -OCH3 is 1. The second kappa shape index (κ2) is 10.8. The topological polar surface area (TPSA) is 79.8 Å². The summed E-state index contributed by atoms with van der Waals surface area (Å²) in [5.74, 6) is 0.691. The Balaban J connectivity index is 0. The maximum atomic E-state index is 12.1. The monoisotopic (exact) mass is 477 g/mol. The average molecular weight is 477 g/mol. The quantitative estimate of drug-likeness (QED) is 0.335. The van der Waals surface area contributed by atoms with Gasteiger partial charge in [0.05, 0.1) is 23.1 Å². The lowest BCUT2D eigenvalue weighted by atomic mass is 9.89. The third kappa shape index (κ3) is 9.41. The summed E-state index contributed by atoms with van der Waals surface area (Å²) < 4.78 is 29.0. The van der Waals surface area contributed by atoms with E-state index in [0.29, 0.717) is 25.6 Å². The number of halogens is 1. The summed E-state index contributed by atoms with van der Waals surface area (Å²) in [6.45, 7) is 15.0. The van der Waals surface area contributed by atoms with E-state index < -0.39 is 14.6 Å². The molecule has 24 heavy (non-hydrogen) atoms. The molecule has 0 aromatic carbocycles. The van der Waals surface area contributed by atoms with E-state index in [9.17, 15) is 8.42 Å². The van der Waals surface area contributed by atoms with E-state index in [1.165, 1.54) is 0 Å². The minimum atomic E-state index is -3.14. The molecule has 6 nitrogen and oxygen atoms in total. The van der Waals surface area contributed by atoms with Gasteiger partial charge in [0.2, 0.25) is 0 Å². The van der Waals surface area contributed by atoms with Crippen LogP contribution in [0.5, 0.6) is 0 Å². The minimum Gasteiger partial charge on any atom is -0.379 e. The fraction of sp³-hybridized carbons (Fsp3) is 0.938. The zero-order valence-corrected chi connectivity index (χ0v) is 19.5. The van der Waals surface area contributed by atoms with Crippen LogP contribution in [0.2, 0.25) is 0 Å². The van der Waals surface area contributed by atoms with Crippen molar-refractivity contribution in [3.8, 4) is 0 Å². The number of sulfone groups is 1. The fourth-order valence-electron chi connectivity index (χ4n) is 1.83. The maximum absolute atomic E-state index is 12.1. The van der Waals surface area contributed by atoms with E-state index in [2.05, 4.69) is 36.4 Å². The molecule has 0 saturated carbocycles. The highest BCUT2D eigenvalue weighted by molar-refractivity contribution is 14.0. The first-order valence-corrected chi connectivity index (χ1v) is 9.77. The van der Waals surface area contributed by atoms with Crippen LogP contribution in [0.4, 0.5) is 0 Å². The molecular weight excluding hydrogens is 441 g/mol. The third-order valence-electron chi connectivity index (χ3n) is 3.61. The molecule has 0 aromatic rings. The van der Waals surface area contributed by atoms with Crippen molar-refractivity contribution in [2.75, 3.05) is 32.5 Å². The van der Waals surface area contributed by atoms with E-state index in [-0.39, 0.29) is 41.2 Å². The maximum Gasteiger partial charge on any atom is 0.191 e. The number of aliphatic imine (C=N–C) groups is 1. The first-order valence-electron chi connectivity index (χ1n) is 8.12. The molecule has 0 bridgehead atoms. The minimum absolute atomic E-state index is 0. The van der Waals surface area contributed by atoms with Crippen LogP contribution in [0, 0.1) is 5.41 Å². The summed E-state index contributed by atoms with van der Waals surface area (Å²) in [6, 6.07) is 0. The van der Waals surface area contributed by atoms with Crippen molar-refractivity contribution in [3.63, 3.8) is 0 Å². The highest BCUT2D eigenvalue weighted by Crippen LogP contribution is 2.21. The zero-order valence-electron chi connectivity index (χ0n) is 16.4. The van der Waals surface area contributed by atoms with Gasteiger partial charge in [0.25, 0.3) is 0 Å². The first kappa shape index (κ1) is 26.1. The molecule has 0 aliphatic heterocycles. The van der Waals surface area contributed by atoms with Crippen LogP contribution < -0.4 is 10.6 Å². The molecule has 0 saturated heterocycles. The van der Waals surface area contributed by atoms with Gasteiger partial charge in [0, 0.05) is 20.2 Å². The van der Waals surface area contributed by atoms with Gasteiger partial charge in [-0.25, -0.2) is 8.42 Å². The SMILES string of the molecule is CCNC(=NCC(OC)C(C)(C)C)NCCS(=O)(=O)C(C)(C)C.I. The van der Waals surface area contributed by atoms with E-state index in [1.807, 2.05) is 6.92 Å². The molecule has 1 unspecified atom stereocenters. The van der Waals surface area contributed by atoms with E-state index in [1.54, 1.807) is 27.9 Å². The number of nitrogens with one attached hydrogen (secondary N) is 2. The summed E-state index contributed by atoms with van der Waals surface area (Å²) in [5, 5.41) is 6.21. The number of hydrogen-bond donors (Lipinski definition) is 2. The highest BCUT2D eigenvalue weighted by Gasteiger charge is 2.28. The van der Waals surface area contributed by atoms with Crippen LogP contribution in [0.25, 0.3) is 0 Å². The molecule has 0 fully saturated rings. The largest absolute Gasteiger partial charge is 0.379 e. The van der Waals surface area contributed by atoms with E-state index in [0.717, 1.165) is 0 Å². The second-order valence-electron chi connectivity index (χ2n) is 7.67. The van der Waals surface area contributed by atoms with Crippen molar-refractivity contribution in [3.05, 3.63) is 0 Å². The lowest BCUT2D eigenvalue weighted by Gasteiger charge is -2.28. The molecule has 0 aliphatic carbocycles. The van der Waals surface area contributed by atoms with Crippen LogP contribution in [0.3, 0.4) is 0 Å². The normalized spacial score (nSPS) is 14.8. The molecule has 0 aromatic heterocycles. The number of nitrogens with zero attached hydrogens (tertiary/aromatic N) is 1. The Bertz CT molecular complexity index is 480. The van der Waals surface area contributed by atoms with Gasteiger partial charge >= 0.3 is 0 Å². The molecule has 2 N–H and O–H groups in total. The van der Waals surface area contributed by atoms with Gasteiger partial charge in [0.1, 0.15) is 0 Å². The Morgan fingerprint density at radius 2 is 1.67 bits per heavy atom. The number of rotatable bonds is 7. The Hall–Kier alpha value is -0.0900. The van der Waals surface area contributed by atoms with Gasteiger partial charge in [-0.05, 0) is 33.1 Å². The van der Waals surface area contributed by atoms with Gasteiger partial charge < -0.3 is 15.4 Å². The Kier molecular flexibility index (Phi) is 11.8. The molecule has 0 spiro atoms. The second-order valence-corrected chi connectivity index (χ2v) is 10.5. The number of ether oxygens (including phenoxy) is 1. The molecule has 8 heteroatoms. The molecule has 0 amide bonds. The van der Waals surface area contributed by atoms with Crippen LogP contribution >= 0.6 is 24.0 Å². The molecule has 146 valence electrons.